The second-order valence-corrected chi connectivity index (χ2v) is 10.4. The number of hydrogen-bond acceptors (Lipinski definition) is 12. The van der Waals surface area contributed by atoms with Gasteiger partial charge in [0.25, 0.3) is 0 Å². The molecule has 2 aromatic rings. The van der Waals surface area contributed by atoms with Gasteiger partial charge in [-0.3, -0.25) is 9.89 Å². The largest absolute Gasteiger partial charge is 0.383 e. The molecule has 2 saturated heterocycles. The van der Waals surface area contributed by atoms with Gasteiger partial charge in [-0.25, -0.2) is 19.9 Å². The molecule has 2 N–H and O–H groups in total. The third-order valence-electron chi connectivity index (χ3n) is 7.19. The predicted molar refractivity (Wildman–Crippen MR) is 156 cm³/mol. The summed E-state index contributed by atoms with van der Waals surface area (Å²) in [4.78, 5) is 30.4. The molecule has 0 aromatic carbocycles. The van der Waals surface area contributed by atoms with Crippen molar-refractivity contribution in [1.82, 2.24) is 30.2 Å². The van der Waals surface area contributed by atoms with Crippen molar-refractivity contribution in [2.45, 2.75) is 39.3 Å². The second kappa shape index (κ2) is 13.9. The molecule has 12 nitrogen and oxygen atoms in total. The van der Waals surface area contributed by atoms with Gasteiger partial charge in [-0.2, -0.15) is 0 Å². The fraction of sp³-hybridized carbons (Fsp3) is 0.667. The van der Waals surface area contributed by atoms with E-state index in [0.717, 1.165) is 69.7 Å². The van der Waals surface area contributed by atoms with E-state index in [4.69, 9.17) is 19.4 Å². The molecular weight excluding hydrogens is 496 g/mol. The zero-order chi connectivity index (χ0) is 27.8. The topological polar surface area (TPSA) is 116 Å². The van der Waals surface area contributed by atoms with E-state index in [1.165, 1.54) is 0 Å². The molecule has 0 radical (unpaired) electrons. The molecular formula is C27H44N10O2. The molecule has 2 aliphatic rings. The molecule has 4 heterocycles. The number of piperazine rings is 1. The Bertz CT molecular complexity index is 1050. The molecule has 12 heteroatoms. The summed E-state index contributed by atoms with van der Waals surface area (Å²) in [6.45, 7) is 17.5. The predicted octanol–water partition coefficient (Wildman–Crippen LogP) is 2.26. The first-order valence-electron chi connectivity index (χ1n) is 13.9. The lowest BCUT2D eigenvalue weighted by molar-refractivity contribution is 0.167. The van der Waals surface area contributed by atoms with Crippen LogP contribution in [0.4, 0.5) is 23.3 Å². The highest BCUT2D eigenvalue weighted by Crippen LogP contribution is 2.38. The number of hydrogen-bond donors (Lipinski definition) is 2. The van der Waals surface area contributed by atoms with Gasteiger partial charge in [0.2, 0.25) is 5.95 Å². The van der Waals surface area contributed by atoms with Crippen molar-refractivity contribution in [2.75, 3.05) is 88.5 Å². The molecule has 4 rings (SSSR count). The van der Waals surface area contributed by atoms with Crippen molar-refractivity contribution in [2.24, 2.45) is 10.9 Å². The Morgan fingerprint density at radius 3 is 2.44 bits per heavy atom. The zero-order valence-electron chi connectivity index (χ0n) is 24.1. The minimum absolute atomic E-state index is 0.409. The third kappa shape index (κ3) is 7.38. The first kappa shape index (κ1) is 29.1. The van der Waals surface area contributed by atoms with Gasteiger partial charge >= 0.3 is 0 Å². The number of ether oxygens (including phenoxy) is 2. The summed E-state index contributed by atoms with van der Waals surface area (Å²) in [5, 5.41) is 6.61. The molecule has 39 heavy (non-hydrogen) atoms. The maximum atomic E-state index is 5.75. The number of methoxy groups -OCH3 is 1. The van der Waals surface area contributed by atoms with E-state index >= 15 is 0 Å². The number of nitrogens with zero attached hydrogens (tertiary/aromatic N) is 8. The van der Waals surface area contributed by atoms with E-state index in [1.807, 2.05) is 0 Å². The van der Waals surface area contributed by atoms with Crippen molar-refractivity contribution in [3.8, 4) is 11.4 Å². The van der Waals surface area contributed by atoms with Gasteiger partial charge in [-0.15, -0.1) is 0 Å². The molecule has 3 atom stereocenters. The molecule has 0 spiro atoms. The van der Waals surface area contributed by atoms with Crippen molar-refractivity contribution < 1.29 is 9.47 Å². The Morgan fingerprint density at radius 1 is 1.18 bits per heavy atom. The highest BCUT2D eigenvalue weighted by molar-refractivity contribution is 5.80. The van der Waals surface area contributed by atoms with Crippen LogP contribution in [0.1, 0.15) is 27.2 Å². The molecule has 2 aliphatic heterocycles. The van der Waals surface area contributed by atoms with Gasteiger partial charge in [0.05, 0.1) is 25.4 Å². The van der Waals surface area contributed by atoms with E-state index in [2.05, 4.69) is 67.8 Å². The maximum Gasteiger partial charge on any atom is 0.222 e. The Kier molecular flexibility index (Phi) is 10.4. The number of rotatable bonds is 13. The summed E-state index contributed by atoms with van der Waals surface area (Å²) in [6.07, 6.45) is 4.53. The quantitative estimate of drug-likeness (QED) is 0.365. The molecule has 2 aromatic heterocycles. The lowest BCUT2D eigenvalue weighted by Gasteiger charge is -2.40. The number of aromatic nitrogens is 4. The van der Waals surface area contributed by atoms with Crippen LogP contribution in [0.25, 0.3) is 11.4 Å². The molecule has 2 fully saturated rings. The average molecular weight is 541 g/mol. The fourth-order valence-electron chi connectivity index (χ4n) is 5.38. The lowest BCUT2D eigenvalue weighted by Crippen LogP contribution is -2.57. The SMILES string of the molecule is C=Nc1c(N(CC)CCOC)nc(-c2cnc(NC)nc2)nc1N(CC1CCOC1)CN1CC(C)NC(C)C1. The van der Waals surface area contributed by atoms with Crippen molar-refractivity contribution in [3.63, 3.8) is 0 Å². The van der Waals surface area contributed by atoms with Crippen LogP contribution in [-0.2, 0) is 9.47 Å². The number of nitrogens with one attached hydrogen (secondary N) is 2. The molecule has 214 valence electrons. The first-order chi connectivity index (χ1) is 18.9. The van der Waals surface area contributed by atoms with E-state index in [1.54, 1.807) is 26.6 Å². The van der Waals surface area contributed by atoms with E-state index < -0.39 is 0 Å². The molecule has 0 saturated carbocycles. The Morgan fingerprint density at radius 2 is 1.87 bits per heavy atom. The van der Waals surface area contributed by atoms with Crippen LogP contribution in [0.5, 0.6) is 0 Å². The second-order valence-electron chi connectivity index (χ2n) is 10.4. The van der Waals surface area contributed by atoms with Crippen molar-refractivity contribution in [3.05, 3.63) is 12.4 Å². The Hall–Kier alpha value is -2.93. The standard InChI is InChI=1S/C27H44N10O2/c1-7-36(9-11-38-6)25-23(28-4)26(34-24(33-25)22-12-30-27(29-5)31-13-22)37(16-21-8-10-39-17-21)18-35-14-19(2)32-20(3)15-35/h12-13,19-21,32H,4,7-11,14-18H2,1-3,5-6H3,(H,29,30,31). The lowest BCUT2D eigenvalue weighted by atomic mass is 10.1. The summed E-state index contributed by atoms with van der Waals surface area (Å²) in [7, 11) is 3.50. The number of likely N-dealkylation sites (N-methyl/N-ethyl adjacent to an activating group) is 1. The van der Waals surface area contributed by atoms with Gasteiger partial charge in [0.1, 0.15) is 5.69 Å². The van der Waals surface area contributed by atoms with Crippen molar-refractivity contribution >= 4 is 30.0 Å². The monoisotopic (exact) mass is 540 g/mol. The number of anilines is 3. The van der Waals surface area contributed by atoms with E-state index in [-0.39, 0.29) is 0 Å². The molecule has 0 amide bonds. The van der Waals surface area contributed by atoms with Gasteiger partial charge in [-0.1, -0.05) is 0 Å². The van der Waals surface area contributed by atoms with Crippen LogP contribution in [0.15, 0.2) is 17.4 Å². The van der Waals surface area contributed by atoms with Crippen LogP contribution in [0, 0.1) is 5.92 Å². The minimum atomic E-state index is 0.409. The normalized spacial score (nSPS) is 21.6. The summed E-state index contributed by atoms with van der Waals surface area (Å²) in [5.41, 5.74) is 1.42. The maximum absolute atomic E-state index is 5.75. The van der Waals surface area contributed by atoms with Crippen molar-refractivity contribution in [1.29, 1.82) is 0 Å². The smallest absolute Gasteiger partial charge is 0.222 e. The fourth-order valence-corrected chi connectivity index (χ4v) is 5.38. The highest BCUT2D eigenvalue weighted by atomic mass is 16.5. The Balaban J connectivity index is 1.81. The summed E-state index contributed by atoms with van der Waals surface area (Å²) < 4.78 is 11.2. The van der Waals surface area contributed by atoms with Crippen LogP contribution >= 0.6 is 0 Å². The van der Waals surface area contributed by atoms with Crippen LogP contribution < -0.4 is 20.4 Å². The minimum Gasteiger partial charge on any atom is -0.383 e. The van der Waals surface area contributed by atoms with E-state index in [9.17, 15) is 0 Å². The summed E-state index contributed by atoms with van der Waals surface area (Å²) >= 11 is 0. The third-order valence-corrected chi connectivity index (χ3v) is 7.19. The van der Waals surface area contributed by atoms with Gasteiger partial charge in [-0.05, 0) is 33.9 Å². The van der Waals surface area contributed by atoms with Crippen LogP contribution in [0.3, 0.4) is 0 Å². The summed E-state index contributed by atoms with van der Waals surface area (Å²) in [5.74, 6) is 3.02. The summed E-state index contributed by atoms with van der Waals surface area (Å²) in [6, 6.07) is 0.817. The molecule has 3 unspecified atom stereocenters. The van der Waals surface area contributed by atoms with Crippen LogP contribution in [-0.4, -0.2) is 117 Å². The first-order valence-corrected chi connectivity index (χ1v) is 13.9. The zero-order valence-corrected chi connectivity index (χ0v) is 24.1. The highest BCUT2D eigenvalue weighted by Gasteiger charge is 2.29. The van der Waals surface area contributed by atoms with Gasteiger partial charge in [0.15, 0.2) is 17.5 Å². The Labute approximate surface area is 232 Å². The molecule has 0 bridgehead atoms. The average Bonchev–Trinajstić information content (AvgIpc) is 3.45. The molecule has 0 aliphatic carbocycles. The van der Waals surface area contributed by atoms with Crippen LogP contribution in [0.2, 0.25) is 0 Å². The van der Waals surface area contributed by atoms with Gasteiger partial charge < -0.3 is 29.9 Å². The van der Waals surface area contributed by atoms with E-state index in [0.29, 0.717) is 48.6 Å². The van der Waals surface area contributed by atoms with Gasteiger partial charge in [0, 0.05) is 83.9 Å². The number of aliphatic imine (C=N–C) groups is 1.